The molecule has 0 atom stereocenters. The molecule has 2 aliphatic heterocycles. The monoisotopic (exact) mass is 608 g/mol. The van der Waals surface area contributed by atoms with Crippen molar-refractivity contribution in [2.24, 2.45) is 0 Å². The number of nitrogens with one attached hydrogen (secondary N) is 2. The second-order valence-electron chi connectivity index (χ2n) is 11.2. The van der Waals surface area contributed by atoms with Crippen LogP contribution in [0.3, 0.4) is 0 Å². The van der Waals surface area contributed by atoms with Gasteiger partial charge in [0.05, 0.1) is 36.5 Å². The van der Waals surface area contributed by atoms with E-state index in [0.29, 0.717) is 34.1 Å². The van der Waals surface area contributed by atoms with Crippen molar-refractivity contribution in [3.8, 4) is 5.75 Å². The standard InChI is InChI=1S/C30H37FN8O3S/c1-36-15-17-38(18-16-36)22-10-12-37(13-11-22)23-7-8-25(27(19-23)42-2)34-30-32-20-24(31)29(35-30)33-26-6-4-5-21-9-14-39(28(21)26)43(3,40)41/h4-9,14,19-20,22H,10-13,15-18H2,1-3H3,(H2,32,33,34,35). The van der Waals surface area contributed by atoms with Gasteiger partial charge < -0.3 is 25.2 Å². The first kappa shape index (κ1) is 29.1. The number of piperidine rings is 1. The zero-order valence-electron chi connectivity index (χ0n) is 24.6. The number of piperazine rings is 1. The van der Waals surface area contributed by atoms with E-state index in [-0.39, 0.29) is 11.8 Å². The van der Waals surface area contributed by atoms with Crippen LogP contribution in [0.1, 0.15) is 12.8 Å². The summed E-state index contributed by atoms with van der Waals surface area (Å²) in [5.74, 6) is 0.0119. The van der Waals surface area contributed by atoms with E-state index in [1.165, 1.54) is 6.20 Å². The predicted molar refractivity (Wildman–Crippen MR) is 168 cm³/mol. The molecule has 6 rings (SSSR count). The fourth-order valence-corrected chi connectivity index (χ4v) is 6.78. The van der Waals surface area contributed by atoms with Crippen molar-refractivity contribution in [2.75, 3.05) is 75.2 Å². The highest BCUT2D eigenvalue weighted by Crippen LogP contribution is 2.34. The fraction of sp³-hybridized carbons (Fsp3) is 0.400. The summed E-state index contributed by atoms with van der Waals surface area (Å²) < 4.78 is 46.3. The number of methoxy groups -OCH3 is 1. The number of benzene rings is 2. The molecular formula is C30H37FN8O3S. The molecule has 0 saturated carbocycles. The third-order valence-electron chi connectivity index (χ3n) is 8.35. The van der Waals surface area contributed by atoms with E-state index in [1.807, 2.05) is 18.2 Å². The number of nitrogens with zero attached hydrogens (tertiary/aromatic N) is 6. The maximum Gasteiger partial charge on any atom is 0.236 e. The molecule has 43 heavy (non-hydrogen) atoms. The summed E-state index contributed by atoms with van der Waals surface area (Å²) in [6.45, 7) is 6.52. The van der Waals surface area contributed by atoms with E-state index in [2.05, 4.69) is 42.3 Å². The Morgan fingerprint density at radius 2 is 1.74 bits per heavy atom. The Morgan fingerprint density at radius 3 is 2.47 bits per heavy atom. The van der Waals surface area contributed by atoms with Gasteiger partial charge in [0.2, 0.25) is 16.0 Å². The Labute approximate surface area is 251 Å². The summed E-state index contributed by atoms with van der Waals surface area (Å²) in [6, 6.07) is 13.5. The number of hydrogen-bond donors (Lipinski definition) is 2. The average Bonchev–Trinajstić information content (AvgIpc) is 3.46. The Hall–Kier alpha value is -3.94. The zero-order valence-corrected chi connectivity index (χ0v) is 25.4. The Morgan fingerprint density at radius 1 is 0.977 bits per heavy atom. The SMILES string of the molecule is COc1cc(N2CCC(N3CCN(C)CC3)CC2)ccc1Nc1ncc(F)c(Nc2cccc3ccn(S(C)(=O)=O)c23)n1. The van der Waals surface area contributed by atoms with Crippen molar-refractivity contribution in [3.05, 3.63) is 60.7 Å². The molecule has 228 valence electrons. The number of likely N-dealkylation sites (N-methyl/N-ethyl adjacent to an activating group) is 1. The van der Waals surface area contributed by atoms with E-state index in [4.69, 9.17) is 4.74 Å². The smallest absolute Gasteiger partial charge is 0.236 e. The lowest BCUT2D eigenvalue weighted by Crippen LogP contribution is -2.52. The molecule has 0 spiro atoms. The van der Waals surface area contributed by atoms with Crippen LogP contribution in [-0.2, 0) is 10.0 Å². The van der Waals surface area contributed by atoms with Crippen LogP contribution in [0, 0.1) is 5.82 Å². The maximum atomic E-state index is 14.8. The van der Waals surface area contributed by atoms with E-state index >= 15 is 0 Å². The average molecular weight is 609 g/mol. The van der Waals surface area contributed by atoms with Crippen molar-refractivity contribution in [1.29, 1.82) is 0 Å². The lowest BCUT2D eigenvalue weighted by Gasteiger charge is -2.42. The minimum absolute atomic E-state index is 0.0925. The second-order valence-corrected chi connectivity index (χ2v) is 13.1. The molecule has 2 aromatic carbocycles. The van der Waals surface area contributed by atoms with Crippen molar-refractivity contribution >= 4 is 49.8 Å². The Balaban J connectivity index is 1.17. The maximum absolute atomic E-state index is 14.8. The topological polar surface area (TPSA) is 108 Å². The van der Waals surface area contributed by atoms with Gasteiger partial charge in [0.25, 0.3) is 0 Å². The highest BCUT2D eigenvalue weighted by atomic mass is 32.2. The highest BCUT2D eigenvalue weighted by Gasteiger charge is 2.27. The van der Waals surface area contributed by atoms with Crippen molar-refractivity contribution < 1.29 is 17.5 Å². The van der Waals surface area contributed by atoms with E-state index in [9.17, 15) is 12.8 Å². The van der Waals surface area contributed by atoms with Gasteiger partial charge in [-0.3, -0.25) is 4.90 Å². The van der Waals surface area contributed by atoms with Crippen LogP contribution < -0.4 is 20.3 Å². The van der Waals surface area contributed by atoms with Gasteiger partial charge in [-0.05, 0) is 44.2 Å². The van der Waals surface area contributed by atoms with Crippen molar-refractivity contribution in [1.82, 2.24) is 23.7 Å². The van der Waals surface area contributed by atoms with Crippen LogP contribution in [0.2, 0.25) is 0 Å². The molecule has 0 radical (unpaired) electrons. The molecular weight excluding hydrogens is 571 g/mol. The summed E-state index contributed by atoms with van der Waals surface area (Å²) in [5.41, 5.74) is 2.53. The zero-order chi connectivity index (χ0) is 30.1. The molecule has 2 N–H and O–H groups in total. The first-order valence-corrected chi connectivity index (χ1v) is 16.3. The lowest BCUT2D eigenvalue weighted by molar-refractivity contribution is 0.0982. The molecule has 0 amide bonds. The van der Waals surface area contributed by atoms with Crippen LogP contribution in [0.5, 0.6) is 5.75 Å². The summed E-state index contributed by atoms with van der Waals surface area (Å²) in [5, 5.41) is 6.79. The quantitative estimate of drug-likeness (QED) is 0.304. The normalized spacial score (nSPS) is 17.3. The van der Waals surface area contributed by atoms with Crippen LogP contribution in [-0.4, -0.2) is 97.9 Å². The summed E-state index contributed by atoms with van der Waals surface area (Å²) in [6.07, 6.45) is 5.92. The molecule has 2 aliphatic rings. The van der Waals surface area contributed by atoms with Crippen LogP contribution in [0.15, 0.2) is 54.9 Å². The molecule has 4 heterocycles. The lowest BCUT2D eigenvalue weighted by atomic mass is 10.0. The van der Waals surface area contributed by atoms with Gasteiger partial charge in [-0.15, -0.1) is 0 Å². The second kappa shape index (κ2) is 12.0. The number of fused-ring (bicyclic) bond motifs is 1. The number of ether oxygens (including phenoxy) is 1. The van der Waals surface area contributed by atoms with Gasteiger partial charge in [0, 0.05) is 68.6 Å². The van der Waals surface area contributed by atoms with Crippen molar-refractivity contribution in [3.63, 3.8) is 0 Å². The van der Waals surface area contributed by atoms with Gasteiger partial charge in [0.15, 0.2) is 11.6 Å². The van der Waals surface area contributed by atoms with Gasteiger partial charge in [0.1, 0.15) is 5.75 Å². The predicted octanol–water partition coefficient (Wildman–Crippen LogP) is 4.09. The third kappa shape index (κ3) is 6.24. The highest BCUT2D eigenvalue weighted by molar-refractivity contribution is 7.89. The summed E-state index contributed by atoms with van der Waals surface area (Å²) in [4.78, 5) is 15.9. The Kier molecular flexibility index (Phi) is 8.12. The van der Waals surface area contributed by atoms with Gasteiger partial charge in [-0.1, -0.05) is 12.1 Å². The first-order valence-electron chi connectivity index (χ1n) is 14.4. The van der Waals surface area contributed by atoms with Crippen LogP contribution >= 0.6 is 0 Å². The van der Waals surface area contributed by atoms with E-state index < -0.39 is 15.8 Å². The number of aromatic nitrogens is 3. The minimum Gasteiger partial charge on any atom is -0.494 e. The number of rotatable bonds is 8. The first-order chi connectivity index (χ1) is 20.7. The third-order valence-corrected chi connectivity index (χ3v) is 9.37. The molecule has 2 saturated heterocycles. The molecule has 0 bridgehead atoms. The molecule has 0 unspecified atom stereocenters. The minimum atomic E-state index is -3.57. The van der Waals surface area contributed by atoms with E-state index in [0.717, 1.165) is 74.2 Å². The number of hydrogen-bond acceptors (Lipinski definition) is 10. The molecule has 13 heteroatoms. The molecule has 4 aromatic rings. The molecule has 11 nitrogen and oxygen atoms in total. The van der Waals surface area contributed by atoms with E-state index in [1.54, 1.807) is 31.4 Å². The number of halogens is 1. The number of para-hydroxylation sites is 1. The van der Waals surface area contributed by atoms with Gasteiger partial charge in [-0.2, -0.15) is 4.98 Å². The van der Waals surface area contributed by atoms with Crippen LogP contribution in [0.25, 0.3) is 10.9 Å². The fourth-order valence-electron chi connectivity index (χ4n) is 5.96. The van der Waals surface area contributed by atoms with Crippen molar-refractivity contribution in [2.45, 2.75) is 18.9 Å². The summed E-state index contributed by atoms with van der Waals surface area (Å²) >= 11 is 0. The molecule has 0 aliphatic carbocycles. The molecule has 2 aromatic heterocycles. The number of anilines is 5. The largest absolute Gasteiger partial charge is 0.494 e. The van der Waals surface area contributed by atoms with Crippen LogP contribution in [0.4, 0.5) is 33.2 Å². The molecule has 2 fully saturated rings. The summed E-state index contributed by atoms with van der Waals surface area (Å²) in [7, 11) is 0.226. The van der Waals surface area contributed by atoms with Gasteiger partial charge in [-0.25, -0.2) is 21.8 Å². The Bertz CT molecular complexity index is 1710. The van der Waals surface area contributed by atoms with Gasteiger partial charge >= 0.3 is 0 Å².